The van der Waals surface area contributed by atoms with Crippen LogP contribution in [0.15, 0.2) is 29.4 Å². The van der Waals surface area contributed by atoms with Crippen LogP contribution < -0.4 is 0 Å². The number of hydrogen-bond acceptors (Lipinski definition) is 4. The van der Waals surface area contributed by atoms with Crippen LogP contribution >= 0.6 is 23.4 Å². The Kier molecular flexibility index (Phi) is 5.06. The molecule has 1 heterocycles. The highest BCUT2D eigenvalue weighted by atomic mass is 35.5. The zero-order valence-corrected chi connectivity index (χ0v) is 14.1. The van der Waals surface area contributed by atoms with Gasteiger partial charge in [-0.05, 0) is 31.9 Å². The number of aromatic nitrogens is 3. The van der Waals surface area contributed by atoms with Gasteiger partial charge in [0, 0.05) is 22.4 Å². The van der Waals surface area contributed by atoms with Crippen molar-refractivity contribution in [2.24, 2.45) is 0 Å². The Morgan fingerprint density at radius 3 is 2.86 bits per heavy atom. The summed E-state index contributed by atoms with van der Waals surface area (Å²) < 4.78 is 2.09. The van der Waals surface area contributed by atoms with Crippen molar-refractivity contribution in [3.63, 3.8) is 0 Å². The summed E-state index contributed by atoms with van der Waals surface area (Å²) in [5.74, 6) is 0.831. The van der Waals surface area contributed by atoms with E-state index in [0.717, 1.165) is 42.4 Å². The van der Waals surface area contributed by atoms with Crippen LogP contribution in [-0.2, 0) is 6.54 Å². The second-order valence-corrected chi connectivity index (χ2v) is 7.21. The number of hydrogen-bond donors (Lipinski definition) is 1. The predicted octanol–water partition coefficient (Wildman–Crippen LogP) is 4.01. The average Bonchev–Trinajstić information content (AvgIpc) is 2.92. The van der Waals surface area contributed by atoms with E-state index in [2.05, 4.69) is 21.7 Å². The topological polar surface area (TPSA) is 50.9 Å². The lowest BCUT2D eigenvalue weighted by atomic mass is 9.97. The first-order chi connectivity index (χ1) is 10.7. The van der Waals surface area contributed by atoms with Gasteiger partial charge >= 0.3 is 0 Å². The summed E-state index contributed by atoms with van der Waals surface area (Å²) in [6.45, 7) is 2.87. The Labute approximate surface area is 139 Å². The molecule has 0 spiro atoms. The van der Waals surface area contributed by atoms with Gasteiger partial charge in [-0.3, -0.25) is 0 Å². The molecule has 22 heavy (non-hydrogen) atoms. The lowest BCUT2D eigenvalue weighted by Crippen LogP contribution is -2.27. The number of nitrogens with zero attached hydrogens (tertiary/aromatic N) is 3. The molecule has 0 radical (unpaired) electrons. The first-order valence-corrected chi connectivity index (χ1v) is 8.98. The van der Waals surface area contributed by atoms with Crippen molar-refractivity contribution in [2.75, 3.05) is 0 Å². The summed E-state index contributed by atoms with van der Waals surface area (Å²) in [5.41, 5.74) is 0.970. The van der Waals surface area contributed by atoms with Gasteiger partial charge in [-0.25, -0.2) is 0 Å². The fourth-order valence-electron chi connectivity index (χ4n) is 2.85. The Morgan fingerprint density at radius 1 is 1.32 bits per heavy atom. The molecule has 6 heteroatoms. The van der Waals surface area contributed by atoms with E-state index < -0.39 is 0 Å². The van der Waals surface area contributed by atoms with E-state index in [1.54, 1.807) is 11.8 Å². The SMILES string of the molecule is CCn1c(SC2CCCCC2O)nnc1-c1cccc(Cl)c1. The van der Waals surface area contributed by atoms with Gasteiger partial charge in [-0.2, -0.15) is 0 Å². The number of aliphatic hydroxyl groups is 1. The van der Waals surface area contributed by atoms with E-state index >= 15 is 0 Å². The fourth-order valence-corrected chi connectivity index (χ4v) is 4.32. The molecule has 1 N–H and O–H groups in total. The Hall–Kier alpha value is -1.04. The lowest BCUT2D eigenvalue weighted by molar-refractivity contribution is 0.137. The van der Waals surface area contributed by atoms with E-state index in [1.807, 2.05) is 24.3 Å². The highest BCUT2D eigenvalue weighted by molar-refractivity contribution is 7.99. The smallest absolute Gasteiger partial charge is 0.191 e. The molecule has 2 unspecified atom stereocenters. The summed E-state index contributed by atoms with van der Waals surface area (Å²) in [4.78, 5) is 0. The normalized spacial score (nSPS) is 22.0. The lowest BCUT2D eigenvalue weighted by Gasteiger charge is -2.26. The minimum absolute atomic E-state index is 0.218. The molecule has 1 aromatic carbocycles. The molecular weight excluding hydrogens is 318 g/mol. The molecule has 1 aromatic heterocycles. The molecule has 0 saturated heterocycles. The summed E-state index contributed by atoms with van der Waals surface area (Å²) in [5, 5.41) is 20.6. The van der Waals surface area contributed by atoms with E-state index in [1.165, 1.54) is 6.42 Å². The number of rotatable bonds is 4. The van der Waals surface area contributed by atoms with E-state index in [0.29, 0.717) is 5.02 Å². The van der Waals surface area contributed by atoms with Crippen molar-refractivity contribution >= 4 is 23.4 Å². The van der Waals surface area contributed by atoms with Crippen LogP contribution in [0.5, 0.6) is 0 Å². The van der Waals surface area contributed by atoms with Crippen molar-refractivity contribution in [1.29, 1.82) is 0 Å². The minimum atomic E-state index is -0.240. The third kappa shape index (κ3) is 3.31. The first kappa shape index (κ1) is 15.8. The zero-order valence-electron chi connectivity index (χ0n) is 12.6. The summed E-state index contributed by atoms with van der Waals surface area (Å²) >= 11 is 7.73. The van der Waals surface area contributed by atoms with Crippen LogP contribution in [0, 0.1) is 0 Å². The molecule has 2 atom stereocenters. The van der Waals surface area contributed by atoms with Gasteiger partial charge in [0.05, 0.1) is 6.10 Å². The molecule has 2 aromatic rings. The van der Waals surface area contributed by atoms with Crippen LogP contribution in [0.25, 0.3) is 11.4 Å². The van der Waals surface area contributed by atoms with Gasteiger partial charge in [0.25, 0.3) is 0 Å². The number of aliphatic hydroxyl groups excluding tert-OH is 1. The second-order valence-electron chi connectivity index (χ2n) is 5.57. The average molecular weight is 338 g/mol. The molecule has 0 aliphatic heterocycles. The largest absolute Gasteiger partial charge is 0.392 e. The summed E-state index contributed by atoms with van der Waals surface area (Å²) in [6, 6.07) is 7.67. The minimum Gasteiger partial charge on any atom is -0.392 e. The third-order valence-corrected chi connectivity index (χ3v) is 5.64. The van der Waals surface area contributed by atoms with Gasteiger partial charge in [0.15, 0.2) is 11.0 Å². The van der Waals surface area contributed by atoms with Gasteiger partial charge in [-0.1, -0.05) is 48.3 Å². The second kappa shape index (κ2) is 7.02. The maximum Gasteiger partial charge on any atom is 0.191 e. The number of halogens is 1. The monoisotopic (exact) mass is 337 g/mol. The maximum absolute atomic E-state index is 10.2. The molecule has 3 rings (SSSR count). The standard InChI is InChI=1S/C16H20ClN3OS/c1-2-20-15(11-6-5-7-12(17)10-11)18-19-16(20)22-14-9-4-3-8-13(14)21/h5-7,10,13-14,21H,2-4,8-9H2,1H3. The molecule has 1 aliphatic rings. The highest BCUT2D eigenvalue weighted by Crippen LogP contribution is 2.34. The van der Waals surface area contributed by atoms with Gasteiger partial charge in [0.2, 0.25) is 0 Å². The molecule has 0 amide bonds. The Balaban J connectivity index is 1.87. The first-order valence-electron chi connectivity index (χ1n) is 7.73. The summed E-state index contributed by atoms with van der Waals surface area (Å²) in [6.07, 6.45) is 3.98. The summed E-state index contributed by atoms with van der Waals surface area (Å²) in [7, 11) is 0. The van der Waals surface area contributed by atoms with E-state index in [4.69, 9.17) is 11.6 Å². The zero-order chi connectivity index (χ0) is 15.5. The number of benzene rings is 1. The molecule has 4 nitrogen and oxygen atoms in total. The van der Waals surface area contributed by atoms with Crippen LogP contribution in [0.1, 0.15) is 32.6 Å². The highest BCUT2D eigenvalue weighted by Gasteiger charge is 2.26. The van der Waals surface area contributed by atoms with Crippen molar-refractivity contribution in [2.45, 2.75) is 55.7 Å². The fraction of sp³-hybridized carbons (Fsp3) is 0.500. The molecule has 0 bridgehead atoms. The van der Waals surface area contributed by atoms with E-state index in [-0.39, 0.29) is 11.4 Å². The molecule has 1 saturated carbocycles. The Morgan fingerprint density at radius 2 is 2.14 bits per heavy atom. The quantitative estimate of drug-likeness (QED) is 0.915. The third-order valence-electron chi connectivity index (χ3n) is 4.04. The van der Waals surface area contributed by atoms with Crippen LogP contribution in [-0.4, -0.2) is 31.2 Å². The van der Waals surface area contributed by atoms with Crippen molar-refractivity contribution in [3.8, 4) is 11.4 Å². The van der Waals surface area contributed by atoms with Crippen LogP contribution in [0.4, 0.5) is 0 Å². The number of thioether (sulfide) groups is 1. The van der Waals surface area contributed by atoms with Gasteiger partial charge < -0.3 is 9.67 Å². The van der Waals surface area contributed by atoms with Crippen LogP contribution in [0.2, 0.25) is 5.02 Å². The predicted molar refractivity (Wildman–Crippen MR) is 90.3 cm³/mol. The maximum atomic E-state index is 10.2. The van der Waals surface area contributed by atoms with Gasteiger partial charge in [0.1, 0.15) is 0 Å². The van der Waals surface area contributed by atoms with Crippen molar-refractivity contribution in [1.82, 2.24) is 14.8 Å². The van der Waals surface area contributed by atoms with E-state index in [9.17, 15) is 5.11 Å². The van der Waals surface area contributed by atoms with Crippen molar-refractivity contribution in [3.05, 3.63) is 29.3 Å². The Bertz CT molecular complexity index is 646. The van der Waals surface area contributed by atoms with Crippen molar-refractivity contribution < 1.29 is 5.11 Å². The molecule has 1 fully saturated rings. The van der Waals surface area contributed by atoms with Gasteiger partial charge in [-0.15, -0.1) is 10.2 Å². The molecule has 118 valence electrons. The molecular formula is C16H20ClN3OS. The molecule has 1 aliphatic carbocycles. The van der Waals surface area contributed by atoms with Crippen LogP contribution in [0.3, 0.4) is 0 Å².